The van der Waals surface area contributed by atoms with Crippen molar-refractivity contribution in [1.29, 1.82) is 0 Å². The lowest BCUT2D eigenvalue weighted by molar-refractivity contribution is -0.363. The first kappa shape index (κ1) is 33.9. The number of hydrogen-bond donors (Lipinski definition) is 0. The predicted molar refractivity (Wildman–Crippen MR) is 215 cm³/mol. The van der Waals surface area contributed by atoms with Crippen LogP contribution in [0, 0.1) is 27.7 Å². The second-order valence-electron chi connectivity index (χ2n) is 15.1. The van der Waals surface area contributed by atoms with E-state index in [1.165, 1.54) is 30.5 Å². The van der Waals surface area contributed by atoms with E-state index in [1.54, 1.807) is 26.0 Å². The topological polar surface area (TPSA) is 51.3 Å². The molecule has 2 aliphatic rings. The Morgan fingerprint density at radius 1 is 0.722 bits per heavy atom. The molecule has 1 aromatic heterocycles. The fourth-order valence-electron chi connectivity index (χ4n) is 9.51. The average molecular weight is 717 g/mol. The van der Waals surface area contributed by atoms with Crippen molar-refractivity contribution in [2.45, 2.75) is 60.8 Å². The van der Waals surface area contributed by atoms with Gasteiger partial charge in [-0.1, -0.05) is 66.7 Å². The number of hydrogen-bond acceptors (Lipinski definition) is 3. The Morgan fingerprint density at radius 2 is 1.33 bits per heavy atom. The molecule has 5 nitrogen and oxygen atoms in total. The van der Waals surface area contributed by atoms with E-state index in [0.717, 1.165) is 54.9 Å². The van der Waals surface area contributed by atoms with Gasteiger partial charge in [-0.3, -0.25) is 9.59 Å². The lowest BCUT2D eigenvalue weighted by Gasteiger charge is -2.34. The maximum absolute atomic E-state index is 16.2. The SMILES string of the molecule is CC1=CC(C)=[N+]2C1=C(c1c(C)cc(OC(=O)CCCC(=O)c3ccc4c5cccc6cccc(c7cccc3c74)c65)cc1C)c1c(C)cc(C)n1[B-]2(F)F. The van der Waals surface area contributed by atoms with Crippen molar-refractivity contribution in [3.8, 4) is 5.75 Å². The summed E-state index contributed by atoms with van der Waals surface area (Å²) in [6.07, 6.45) is 2.45. The first-order chi connectivity index (χ1) is 25.9. The van der Waals surface area contributed by atoms with Gasteiger partial charge >= 0.3 is 12.9 Å². The highest BCUT2D eigenvalue weighted by molar-refractivity contribution is 6.58. The minimum absolute atomic E-state index is 0.0124. The highest BCUT2D eigenvalue weighted by atomic mass is 19.2. The van der Waals surface area contributed by atoms with Crippen LogP contribution in [0.25, 0.3) is 48.7 Å². The van der Waals surface area contributed by atoms with E-state index in [4.69, 9.17) is 4.74 Å². The van der Waals surface area contributed by atoms with Gasteiger partial charge in [0.2, 0.25) is 0 Å². The predicted octanol–water partition coefficient (Wildman–Crippen LogP) is 11.2. The minimum atomic E-state index is -4.08. The molecule has 3 heterocycles. The zero-order chi connectivity index (χ0) is 37.8. The van der Waals surface area contributed by atoms with E-state index >= 15 is 8.63 Å². The molecular weight excluding hydrogens is 677 g/mol. The number of nitrogens with zero attached hydrogens (tertiary/aromatic N) is 2. The molecule has 6 aromatic carbocycles. The number of rotatable bonds is 7. The molecule has 0 saturated heterocycles. The van der Waals surface area contributed by atoms with Crippen LogP contribution in [0.4, 0.5) is 8.63 Å². The normalized spacial score (nSPS) is 15.1. The van der Waals surface area contributed by atoms with Gasteiger partial charge in [-0.15, -0.1) is 0 Å². The smallest absolute Gasteiger partial charge is 0.427 e. The Bertz CT molecular complexity index is 2840. The van der Waals surface area contributed by atoms with Gasteiger partial charge < -0.3 is 22.3 Å². The van der Waals surface area contributed by atoms with E-state index in [0.29, 0.717) is 40.5 Å². The van der Waals surface area contributed by atoms with Crippen LogP contribution in [-0.4, -0.2) is 33.4 Å². The second kappa shape index (κ2) is 12.1. The molecule has 54 heavy (non-hydrogen) atoms. The number of carbonyl (C=O) groups is 2. The molecule has 8 heteroatoms. The van der Waals surface area contributed by atoms with Crippen LogP contribution < -0.4 is 4.74 Å². The van der Waals surface area contributed by atoms with Crippen molar-refractivity contribution in [3.63, 3.8) is 0 Å². The molecule has 0 fully saturated rings. The summed E-state index contributed by atoms with van der Waals surface area (Å²) in [7, 11) is 0. The van der Waals surface area contributed by atoms with Gasteiger partial charge in [0.1, 0.15) is 11.5 Å². The molecule has 0 N–H and O–H groups in total. The summed E-state index contributed by atoms with van der Waals surface area (Å²) < 4.78 is 40.6. The van der Waals surface area contributed by atoms with Gasteiger partial charge in [-0.2, -0.15) is 0 Å². The van der Waals surface area contributed by atoms with E-state index < -0.39 is 12.9 Å². The number of aromatic nitrogens is 1. The third-order valence-electron chi connectivity index (χ3n) is 11.5. The molecule has 0 saturated carbocycles. The van der Waals surface area contributed by atoms with Crippen molar-refractivity contribution in [1.82, 2.24) is 4.48 Å². The van der Waals surface area contributed by atoms with Gasteiger partial charge in [0, 0.05) is 42.7 Å². The van der Waals surface area contributed by atoms with Crippen LogP contribution in [0.5, 0.6) is 5.75 Å². The Labute approximate surface area is 312 Å². The molecular formula is C46H39BF2N2O3. The quantitative estimate of drug-likeness (QED) is 0.0412. The second-order valence-corrected chi connectivity index (χ2v) is 15.1. The molecule has 7 aromatic rings. The van der Waals surface area contributed by atoms with Crippen LogP contribution >= 0.6 is 0 Å². The number of ether oxygens (including phenoxy) is 1. The van der Waals surface area contributed by atoms with Crippen molar-refractivity contribution in [2.75, 3.05) is 0 Å². The van der Waals surface area contributed by atoms with Crippen LogP contribution in [0.2, 0.25) is 0 Å². The molecule has 0 atom stereocenters. The fourth-order valence-corrected chi connectivity index (χ4v) is 9.51. The third kappa shape index (κ3) is 4.85. The summed E-state index contributed by atoms with van der Waals surface area (Å²) in [5.41, 5.74) is 7.51. The van der Waals surface area contributed by atoms with Gasteiger partial charge in [0.15, 0.2) is 11.5 Å². The van der Waals surface area contributed by atoms with E-state index in [1.807, 2.05) is 58.0 Å². The van der Waals surface area contributed by atoms with Gasteiger partial charge in [-0.25, -0.2) is 0 Å². The monoisotopic (exact) mass is 716 g/mol. The number of Topliss-reactive ketones (excluding diaryl/α,β-unsaturated/α-hetero) is 1. The van der Waals surface area contributed by atoms with E-state index in [2.05, 4.69) is 48.5 Å². The van der Waals surface area contributed by atoms with E-state index in [9.17, 15) is 9.59 Å². The van der Waals surface area contributed by atoms with Crippen LogP contribution in [0.3, 0.4) is 0 Å². The van der Waals surface area contributed by atoms with Gasteiger partial charge in [-0.05, 0) is 130 Å². The van der Waals surface area contributed by atoms with Crippen LogP contribution in [0.1, 0.15) is 77.1 Å². The molecule has 0 aliphatic carbocycles. The summed E-state index contributed by atoms with van der Waals surface area (Å²) >= 11 is 0. The lowest BCUT2D eigenvalue weighted by Crippen LogP contribution is -2.51. The minimum Gasteiger partial charge on any atom is -0.427 e. The molecule has 268 valence electrons. The molecule has 2 aliphatic heterocycles. The number of halogens is 2. The molecule has 0 unspecified atom stereocenters. The van der Waals surface area contributed by atoms with E-state index in [-0.39, 0.29) is 18.6 Å². The molecule has 0 radical (unpaired) electrons. The summed E-state index contributed by atoms with van der Waals surface area (Å²) in [4.78, 5) is 26.9. The summed E-state index contributed by atoms with van der Waals surface area (Å²) in [6, 6.07) is 28.3. The average Bonchev–Trinajstić information content (AvgIpc) is 3.61. The molecule has 0 spiro atoms. The van der Waals surface area contributed by atoms with Crippen molar-refractivity contribution in [3.05, 3.63) is 141 Å². The summed E-state index contributed by atoms with van der Waals surface area (Å²) in [5.74, 6) is -0.0487. The highest BCUT2D eigenvalue weighted by Gasteiger charge is 2.55. The van der Waals surface area contributed by atoms with Gasteiger partial charge in [0.25, 0.3) is 0 Å². The Balaban J connectivity index is 0.962. The number of allylic oxidation sites excluding steroid dienone is 2. The maximum Gasteiger partial charge on any atom is 0.737 e. The Kier molecular flexibility index (Phi) is 7.58. The van der Waals surface area contributed by atoms with Crippen LogP contribution in [0.15, 0.2) is 102 Å². The third-order valence-corrected chi connectivity index (χ3v) is 11.5. The molecule has 9 rings (SSSR count). The highest BCUT2D eigenvalue weighted by Crippen LogP contribution is 2.46. The Morgan fingerprint density at radius 3 is 2.02 bits per heavy atom. The number of benzene rings is 6. The Hall–Kier alpha value is -5.89. The van der Waals surface area contributed by atoms with Crippen molar-refractivity contribution in [2.24, 2.45) is 0 Å². The summed E-state index contributed by atoms with van der Waals surface area (Å²) in [5, 5.41) is 9.03. The number of fused-ring (bicyclic) bond motifs is 4. The fraction of sp³-hybridized carbons (Fsp3) is 0.196. The lowest BCUT2D eigenvalue weighted by atomic mass is 9.81. The number of carbonyl (C=O) groups excluding carboxylic acids is 2. The van der Waals surface area contributed by atoms with Gasteiger partial charge in [0.05, 0.1) is 5.57 Å². The van der Waals surface area contributed by atoms with Crippen LogP contribution in [-0.2, 0) is 4.79 Å². The maximum atomic E-state index is 16.2. The zero-order valence-corrected chi connectivity index (χ0v) is 31.2. The first-order valence-corrected chi connectivity index (χ1v) is 18.6. The number of esters is 1. The standard InChI is InChI=1S/C46H39BF2N2O3/c1-25-23-32(24-26(2)41(25)44-45-27(3)21-29(5)50(45)47(48,49)51-30(6)22-28(4)46(44)51)54-40(53)18-10-17-39(52)33-19-20-38-36-14-8-12-31-11-7-13-35(42(31)36)37-16-9-15-34(33)43(37)38/h7-9,11-16,19-24H,10,17-18H2,1-6H3. The number of aryl methyl sites for hydroxylation is 4. The molecule has 0 amide bonds. The first-order valence-electron chi connectivity index (χ1n) is 18.6. The van der Waals surface area contributed by atoms with Crippen molar-refractivity contribution >= 4 is 73.1 Å². The summed E-state index contributed by atoms with van der Waals surface area (Å²) in [6.45, 7) is 6.97. The molecule has 0 bridgehead atoms. The number of ketones is 1. The van der Waals surface area contributed by atoms with Crippen molar-refractivity contribution < 1.29 is 27.4 Å². The largest absolute Gasteiger partial charge is 0.737 e. The zero-order valence-electron chi connectivity index (χ0n) is 31.2.